The molecule has 0 aliphatic carbocycles. The van der Waals surface area contributed by atoms with Gasteiger partial charge in [0.1, 0.15) is 5.69 Å². The Labute approximate surface area is 138 Å². The number of pyridine rings is 1. The molecule has 0 aliphatic rings. The van der Waals surface area contributed by atoms with Crippen molar-refractivity contribution < 1.29 is 4.79 Å². The minimum absolute atomic E-state index is 0.196. The summed E-state index contributed by atoms with van der Waals surface area (Å²) in [4.78, 5) is 28.3. The number of rotatable bonds is 5. The van der Waals surface area contributed by atoms with Crippen LogP contribution in [0.5, 0.6) is 0 Å². The number of hydrogen-bond donors (Lipinski definition) is 1. The summed E-state index contributed by atoms with van der Waals surface area (Å²) >= 11 is 0. The number of carbonyl (C=O) groups is 1. The number of amides is 1. The number of hydrogen-bond acceptors (Lipinski definition) is 4. The molecule has 0 saturated heterocycles. The molecule has 0 bridgehead atoms. The molecular formula is C18H16N4O2. The van der Waals surface area contributed by atoms with E-state index in [1.54, 1.807) is 6.20 Å². The molecule has 0 aliphatic heterocycles. The second kappa shape index (κ2) is 7.32. The van der Waals surface area contributed by atoms with Gasteiger partial charge in [-0.2, -0.15) is 5.10 Å². The first-order chi connectivity index (χ1) is 11.7. The Morgan fingerprint density at radius 1 is 1.00 bits per heavy atom. The number of aromatic nitrogens is 3. The molecular weight excluding hydrogens is 304 g/mol. The fourth-order valence-electron chi connectivity index (χ4n) is 2.20. The maximum Gasteiger partial charge on any atom is 0.272 e. The second-order valence-corrected chi connectivity index (χ2v) is 5.20. The molecule has 6 nitrogen and oxygen atoms in total. The Hall–Kier alpha value is -3.28. The van der Waals surface area contributed by atoms with Gasteiger partial charge < -0.3 is 5.32 Å². The summed E-state index contributed by atoms with van der Waals surface area (Å²) in [5.41, 5.74) is 1.64. The minimum atomic E-state index is -0.345. The molecule has 0 spiro atoms. The molecule has 0 atom stereocenters. The van der Waals surface area contributed by atoms with Gasteiger partial charge in [0, 0.05) is 12.3 Å². The lowest BCUT2D eigenvalue weighted by Gasteiger charge is -2.08. The van der Waals surface area contributed by atoms with E-state index < -0.39 is 0 Å². The van der Waals surface area contributed by atoms with Gasteiger partial charge in [-0.15, -0.1) is 0 Å². The fraction of sp³-hybridized carbons (Fsp3) is 0.111. The van der Waals surface area contributed by atoms with Crippen LogP contribution in [0.15, 0.2) is 71.7 Å². The van der Waals surface area contributed by atoms with Crippen LogP contribution in [-0.4, -0.2) is 20.7 Å². The number of carbonyl (C=O) groups excluding carboxylic acids is 1. The Kier molecular flexibility index (Phi) is 4.76. The number of benzene rings is 1. The van der Waals surface area contributed by atoms with E-state index in [-0.39, 0.29) is 17.2 Å². The fourth-order valence-corrected chi connectivity index (χ4v) is 2.20. The normalized spacial score (nSPS) is 10.3. The largest absolute Gasteiger partial charge is 0.345 e. The first-order valence-corrected chi connectivity index (χ1v) is 7.52. The summed E-state index contributed by atoms with van der Waals surface area (Å²) in [5, 5.41) is 6.90. The average molecular weight is 320 g/mol. The quantitative estimate of drug-likeness (QED) is 0.775. The molecule has 0 radical (unpaired) electrons. The van der Waals surface area contributed by atoms with Crippen molar-refractivity contribution in [3.63, 3.8) is 0 Å². The van der Waals surface area contributed by atoms with Crippen LogP contribution >= 0.6 is 0 Å². The highest BCUT2D eigenvalue weighted by molar-refractivity contribution is 5.91. The smallest absolute Gasteiger partial charge is 0.272 e. The predicted molar refractivity (Wildman–Crippen MR) is 89.4 cm³/mol. The Balaban J connectivity index is 1.73. The van der Waals surface area contributed by atoms with Crippen LogP contribution in [0.3, 0.4) is 0 Å². The molecule has 0 fully saturated rings. The van der Waals surface area contributed by atoms with Crippen LogP contribution in [0.2, 0.25) is 0 Å². The van der Waals surface area contributed by atoms with Gasteiger partial charge in [-0.3, -0.25) is 14.6 Å². The van der Waals surface area contributed by atoms with E-state index in [2.05, 4.69) is 15.4 Å². The first-order valence-electron chi connectivity index (χ1n) is 7.52. The van der Waals surface area contributed by atoms with Gasteiger partial charge in [0.2, 0.25) is 0 Å². The first kappa shape index (κ1) is 15.6. The van der Waals surface area contributed by atoms with Crippen LogP contribution in [0.1, 0.15) is 21.7 Å². The van der Waals surface area contributed by atoms with E-state index >= 15 is 0 Å². The van der Waals surface area contributed by atoms with Crippen LogP contribution in [0.25, 0.3) is 0 Å². The standard InChI is InChI=1S/C18H16N4O2/c23-17-10-9-16(18(24)20-12-15-8-4-5-11-19-15)21-22(17)13-14-6-2-1-3-7-14/h1-11H,12-13H2,(H,20,24). The number of nitrogens with zero attached hydrogens (tertiary/aromatic N) is 3. The van der Waals surface area contributed by atoms with E-state index in [0.717, 1.165) is 11.3 Å². The molecule has 0 saturated carbocycles. The second-order valence-electron chi connectivity index (χ2n) is 5.20. The van der Waals surface area contributed by atoms with Crippen LogP contribution in [0.4, 0.5) is 0 Å². The predicted octanol–water partition coefficient (Wildman–Crippen LogP) is 1.62. The molecule has 2 heterocycles. The molecule has 1 amide bonds. The SMILES string of the molecule is O=C(NCc1ccccn1)c1ccc(=O)n(Cc2ccccc2)n1. The zero-order valence-corrected chi connectivity index (χ0v) is 12.9. The summed E-state index contributed by atoms with van der Waals surface area (Å²) in [6, 6.07) is 17.8. The zero-order chi connectivity index (χ0) is 16.8. The Morgan fingerprint density at radius 2 is 1.79 bits per heavy atom. The molecule has 1 N–H and O–H groups in total. The highest BCUT2D eigenvalue weighted by atomic mass is 16.2. The lowest BCUT2D eigenvalue weighted by atomic mass is 10.2. The monoisotopic (exact) mass is 320 g/mol. The van der Waals surface area contributed by atoms with E-state index in [0.29, 0.717) is 13.1 Å². The third-order valence-electron chi connectivity index (χ3n) is 3.43. The van der Waals surface area contributed by atoms with E-state index in [9.17, 15) is 9.59 Å². The molecule has 24 heavy (non-hydrogen) atoms. The summed E-state index contributed by atoms with van der Waals surface area (Å²) in [6.07, 6.45) is 1.67. The lowest BCUT2D eigenvalue weighted by Crippen LogP contribution is -2.29. The van der Waals surface area contributed by atoms with Crippen molar-refractivity contribution in [1.29, 1.82) is 0 Å². The van der Waals surface area contributed by atoms with Gasteiger partial charge in [-0.1, -0.05) is 36.4 Å². The van der Waals surface area contributed by atoms with E-state index in [1.807, 2.05) is 48.5 Å². The van der Waals surface area contributed by atoms with Gasteiger partial charge in [-0.05, 0) is 23.8 Å². The summed E-state index contributed by atoms with van der Waals surface area (Å²) in [6.45, 7) is 0.625. The Bertz CT molecular complexity index is 876. The summed E-state index contributed by atoms with van der Waals surface area (Å²) in [7, 11) is 0. The third kappa shape index (κ3) is 3.92. The van der Waals surface area contributed by atoms with Crippen molar-refractivity contribution >= 4 is 5.91 Å². The van der Waals surface area contributed by atoms with Gasteiger partial charge in [0.15, 0.2) is 0 Å². The number of nitrogens with one attached hydrogen (secondary N) is 1. The molecule has 3 rings (SSSR count). The van der Waals surface area contributed by atoms with Crippen molar-refractivity contribution in [3.05, 3.63) is 94.2 Å². The minimum Gasteiger partial charge on any atom is -0.345 e. The van der Waals surface area contributed by atoms with E-state index in [1.165, 1.54) is 16.8 Å². The van der Waals surface area contributed by atoms with Crippen molar-refractivity contribution in [2.45, 2.75) is 13.1 Å². The zero-order valence-electron chi connectivity index (χ0n) is 12.9. The average Bonchev–Trinajstić information content (AvgIpc) is 2.63. The van der Waals surface area contributed by atoms with Crippen LogP contribution < -0.4 is 10.9 Å². The summed E-state index contributed by atoms with van der Waals surface area (Å²) in [5.74, 6) is -0.345. The van der Waals surface area contributed by atoms with E-state index in [4.69, 9.17) is 0 Å². The third-order valence-corrected chi connectivity index (χ3v) is 3.43. The van der Waals surface area contributed by atoms with Crippen molar-refractivity contribution in [2.24, 2.45) is 0 Å². The van der Waals surface area contributed by atoms with Crippen molar-refractivity contribution in [3.8, 4) is 0 Å². The highest BCUT2D eigenvalue weighted by Crippen LogP contribution is 2.01. The van der Waals surface area contributed by atoms with Crippen molar-refractivity contribution in [2.75, 3.05) is 0 Å². The molecule has 3 aromatic rings. The van der Waals surface area contributed by atoms with Gasteiger partial charge in [0.25, 0.3) is 11.5 Å². The van der Waals surface area contributed by atoms with Gasteiger partial charge >= 0.3 is 0 Å². The van der Waals surface area contributed by atoms with Crippen LogP contribution in [-0.2, 0) is 13.1 Å². The molecule has 2 aromatic heterocycles. The molecule has 0 unspecified atom stereocenters. The summed E-state index contributed by atoms with van der Waals surface area (Å²) < 4.78 is 1.28. The topological polar surface area (TPSA) is 76.9 Å². The van der Waals surface area contributed by atoms with Gasteiger partial charge in [0.05, 0.1) is 18.8 Å². The highest BCUT2D eigenvalue weighted by Gasteiger charge is 2.10. The van der Waals surface area contributed by atoms with Gasteiger partial charge in [-0.25, -0.2) is 4.68 Å². The van der Waals surface area contributed by atoms with Crippen molar-refractivity contribution in [1.82, 2.24) is 20.1 Å². The molecule has 120 valence electrons. The molecule has 1 aromatic carbocycles. The Morgan fingerprint density at radius 3 is 2.54 bits per heavy atom. The lowest BCUT2D eigenvalue weighted by molar-refractivity contribution is 0.0943. The maximum atomic E-state index is 12.2. The maximum absolute atomic E-state index is 12.2. The molecule has 6 heteroatoms. The van der Waals surface area contributed by atoms with Crippen LogP contribution in [0, 0.1) is 0 Å².